The zero-order valence-electron chi connectivity index (χ0n) is 17.6. The molecule has 0 N–H and O–H groups in total. The van der Waals surface area contributed by atoms with Crippen molar-refractivity contribution in [3.05, 3.63) is 66.5 Å². The minimum atomic E-state index is -0.685. The number of anilines is 2. The molecule has 2 heterocycles. The Balaban J connectivity index is 1.29. The first-order valence-corrected chi connectivity index (χ1v) is 10.8. The summed E-state index contributed by atoms with van der Waals surface area (Å²) in [5, 5.41) is 0. The lowest BCUT2D eigenvalue weighted by Gasteiger charge is -2.17. The van der Waals surface area contributed by atoms with Gasteiger partial charge in [-0.05, 0) is 49.2 Å². The van der Waals surface area contributed by atoms with Crippen LogP contribution in [0.4, 0.5) is 15.8 Å². The summed E-state index contributed by atoms with van der Waals surface area (Å²) in [7, 11) is 0. The van der Waals surface area contributed by atoms with Gasteiger partial charge in [-0.2, -0.15) is 0 Å². The van der Waals surface area contributed by atoms with Gasteiger partial charge in [0.05, 0.1) is 23.4 Å². The Morgan fingerprint density at radius 2 is 1.58 bits per heavy atom. The van der Waals surface area contributed by atoms with E-state index < -0.39 is 17.7 Å². The maximum atomic E-state index is 13.2. The molecule has 3 aliphatic rings. The minimum Gasteiger partial charge on any atom is -0.426 e. The van der Waals surface area contributed by atoms with Crippen molar-refractivity contribution < 1.29 is 28.3 Å². The van der Waals surface area contributed by atoms with E-state index in [1.54, 1.807) is 18.2 Å². The SMILES string of the molecule is O=C(Oc1cccc(N2C(=O)[C@H]3CC=CC[C@H]3C2=O)c1)[C@@H]1CC(=O)N(c2ccc(F)cc2)C1. The van der Waals surface area contributed by atoms with Crippen molar-refractivity contribution in [2.24, 2.45) is 17.8 Å². The summed E-state index contributed by atoms with van der Waals surface area (Å²) in [4.78, 5) is 53.4. The maximum absolute atomic E-state index is 13.2. The molecule has 8 heteroatoms. The van der Waals surface area contributed by atoms with Gasteiger partial charge in [-0.15, -0.1) is 0 Å². The van der Waals surface area contributed by atoms with E-state index in [0.29, 0.717) is 24.2 Å². The van der Waals surface area contributed by atoms with Gasteiger partial charge in [0, 0.05) is 24.7 Å². The molecular weight excluding hydrogens is 427 g/mol. The van der Waals surface area contributed by atoms with Gasteiger partial charge in [0.25, 0.3) is 0 Å². The second-order valence-corrected chi connectivity index (χ2v) is 8.47. The topological polar surface area (TPSA) is 84.0 Å². The van der Waals surface area contributed by atoms with Crippen molar-refractivity contribution in [1.29, 1.82) is 0 Å². The fraction of sp³-hybridized carbons (Fsp3) is 0.280. The largest absolute Gasteiger partial charge is 0.426 e. The molecule has 2 saturated heterocycles. The molecule has 0 radical (unpaired) electrons. The number of nitrogens with zero attached hydrogens (tertiary/aromatic N) is 2. The lowest BCUT2D eigenvalue weighted by Crippen LogP contribution is -2.31. The van der Waals surface area contributed by atoms with Crippen LogP contribution in [0.5, 0.6) is 5.75 Å². The number of esters is 1. The highest BCUT2D eigenvalue weighted by atomic mass is 19.1. The number of rotatable bonds is 4. The molecule has 2 aromatic rings. The van der Waals surface area contributed by atoms with Gasteiger partial charge in [-0.25, -0.2) is 9.29 Å². The predicted octanol–water partition coefficient (Wildman–Crippen LogP) is 3.24. The van der Waals surface area contributed by atoms with Crippen LogP contribution in [-0.2, 0) is 19.2 Å². The molecule has 3 atom stereocenters. The molecule has 2 aliphatic heterocycles. The van der Waals surface area contributed by atoms with Gasteiger partial charge in [0.2, 0.25) is 17.7 Å². The molecule has 0 unspecified atom stereocenters. The zero-order chi connectivity index (χ0) is 23.1. The van der Waals surface area contributed by atoms with E-state index in [9.17, 15) is 23.6 Å². The third-order valence-corrected chi connectivity index (χ3v) is 6.40. The summed E-state index contributed by atoms with van der Waals surface area (Å²) in [5.74, 6) is -2.92. The van der Waals surface area contributed by atoms with Crippen LogP contribution in [0.15, 0.2) is 60.7 Å². The number of halogens is 1. The number of imide groups is 1. The number of carbonyl (C=O) groups excluding carboxylic acids is 4. The van der Waals surface area contributed by atoms with Crippen LogP contribution in [0.2, 0.25) is 0 Å². The molecule has 0 aromatic heterocycles. The van der Waals surface area contributed by atoms with E-state index in [1.165, 1.54) is 40.1 Å². The molecule has 7 nitrogen and oxygen atoms in total. The zero-order valence-corrected chi connectivity index (χ0v) is 17.6. The van der Waals surface area contributed by atoms with Crippen LogP contribution >= 0.6 is 0 Å². The molecule has 2 aromatic carbocycles. The first-order chi connectivity index (χ1) is 15.9. The van der Waals surface area contributed by atoms with E-state index in [-0.39, 0.29) is 48.3 Å². The van der Waals surface area contributed by atoms with Gasteiger partial charge in [-0.1, -0.05) is 18.2 Å². The van der Waals surface area contributed by atoms with Crippen molar-refractivity contribution in [3.63, 3.8) is 0 Å². The fourth-order valence-electron chi connectivity index (χ4n) is 4.68. The van der Waals surface area contributed by atoms with Crippen molar-refractivity contribution >= 4 is 35.1 Å². The Morgan fingerprint density at radius 3 is 2.24 bits per heavy atom. The van der Waals surface area contributed by atoms with E-state index >= 15 is 0 Å². The van der Waals surface area contributed by atoms with Gasteiger partial charge >= 0.3 is 5.97 Å². The average Bonchev–Trinajstić information content (AvgIpc) is 3.32. The molecule has 33 heavy (non-hydrogen) atoms. The van der Waals surface area contributed by atoms with Crippen molar-refractivity contribution in [3.8, 4) is 5.75 Å². The summed E-state index contributed by atoms with van der Waals surface area (Å²) < 4.78 is 18.7. The van der Waals surface area contributed by atoms with Gasteiger partial charge in [0.1, 0.15) is 11.6 Å². The second-order valence-electron chi connectivity index (χ2n) is 8.47. The van der Waals surface area contributed by atoms with Crippen molar-refractivity contribution in [2.45, 2.75) is 19.3 Å². The molecule has 0 bridgehead atoms. The molecule has 3 amide bonds. The molecule has 168 valence electrons. The average molecular weight is 448 g/mol. The monoisotopic (exact) mass is 448 g/mol. The first-order valence-electron chi connectivity index (χ1n) is 10.8. The third kappa shape index (κ3) is 3.82. The summed E-state index contributed by atoms with van der Waals surface area (Å²) in [5.41, 5.74) is 0.876. The van der Waals surface area contributed by atoms with Crippen LogP contribution in [0.1, 0.15) is 19.3 Å². The number of fused-ring (bicyclic) bond motifs is 1. The maximum Gasteiger partial charge on any atom is 0.316 e. The van der Waals surface area contributed by atoms with E-state index in [1.807, 2.05) is 12.2 Å². The van der Waals surface area contributed by atoms with Crippen LogP contribution in [0, 0.1) is 23.6 Å². The minimum absolute atomic E-state index is 0.0185. The molecule has 5 rings (SSSR count). The third-order valence-electron chi connectivity index (χ3n) is 6.40. The van der Waals surface area contributed by atoms with Crippen LogP contribution in [0.25, 0.3) is 0 Å². The number of hydrogen-bond acceptors (Lipinski definition) is 5. The Kier molecular flexibility index (Phi) is 5.28. The summed E-state index contributed by atoms with van der Waals surface area (Å²) in [6.45, 7) is 0.127. The Labute approximate surface area is 189 Å². The standard InChI is InChI=1S/C25H21FN2O5/c26-16-8-10-17(11-9-16)27-14-15(12-22(27)29)25(32)33-19-5-3-4-18(13-19)28-23(30)20-6-1-2-7-21(20)24(28)31/h1-5,8-11,13,15,20-21H,6-7,12,14H2/t15-,20-,21+/m1/s1. The Bertz CT molecular complexity index is 1150. The van der Waals surface area contributed by atoms with Crippen LogP contribution < -0.4 is 14.5 Å². The first kappa shape index (κ1) is 21.1. The number of allylic oxidation sites excluding steroid dienone is 2. The normalized spacial score (nSPS) is 24.4. The van der Waals surface area contributed by atoms with E-state index in [0.717, 1.165) is 0 Å². The highest BCUT2D eigenvalue weighted by Gasteiger charge is 2.48. The van der Waals surface area contributed by atoms with E-state index in [4.69, 9.17) is 4.74 Å². The van der Waals surface area contributed by atoms with Gasteiger partial charge < -0.3 is 9.64 Å². The Morgan fingerprint density at radius 1 is 0.909 bits per heavy atom. The molecule has 2 fully saturated rings. The van der Waals surface area contributed by atoms with Crippen LogP contribution in [-0.4, -0.2) is 30.2 Å². The quantitative estimate of drug-likeness (QED) is 0.310. The lowest BCUT2D eigenvalue weighted by molar-refractivity contribution is -0.139. The molecule has 1 aliphatic carbocycles. The van der Waals surface area contributed by atoms with Crippen molar-refractivity contribution in [2.75, 3.05) is 16.3 Å². The highest BCUT2D eigenvalue weighted by molar-refractivity contribution is 6.22. The summed E-state index contributed by atoms with van der Waals surface area (Å²) >= 11 is 0. The summed E-state index contributed by atoms with van der Waals surface area (Å²) in [6.07, 6.45) is 4.91. The smallest absolute Gasteiger partial charge is 0.316 e. The predicted molar refractivity (Wildman–Crippen MR) is 117 cm³/mol. The number of benzene rings is 2. The fourth-order valence-corrected chi connectivity index (χ4v) is 4.68. The molecule has 0 spiro atoms. The second kappa shape index (κ2) is 8.27. The molecular formula is C25H21FN2O5. The number of amides is 3. The van der Waals surface area contributed by atoms with E-state index in [2.05, 4.69) is 0 Å². The van der Waals surface area contributed by atoms with Gasteiger partial charge in [-0.3, -0.25) is 19.2 Å². The lowest BCUT2D eigenvalue weighted by atomic mass is 9.85. The Hall–Kier alpha value is -3.81. The highest BCUT2D eigenvalue weighted by Crippen LogP contribution is 2.38. The number of carbonyl (C=O) groups is 4. The number of ether oxygens (including phenoxy) is 1. The van der Waals surface area contributed by atoms with Crippen LogP contribution in [0.3, 0.4) is 0 Å². The molecule has 0 saturated carbocycles. The number of hydrogen-bond donors (Lipinski definition) is 0. The van der Waals surface area contributed by atoms with Gasteiger partial charge in [0.15, 0.2) is 0 Å². The van der Waals surface area contributed by atoms with Crippen molar-refractivity contribution in [1.82, 2.24) is 0 Å². The summed E-state index contributed by atoms with van der Waals surface area (Å²) in [6, 6.07) is 11.8.